The number of carbonyl (C=O) groups is 1. The van der Waals surface area contributed by atoms with Gasteiger partial charge in [0.25, 0.3) is 0 Å². The van der Waals surface area contributed by atoms with Crippen molar-refractivity contribution in [2.75, 3.05) is 13.2 Å². The van der Waals surface area contributed by atoms with Gasteiger partial charge in [0.15, 0.2) is 0 Å². The minimum atomic E-state index is -0.544. The molecule has 1 aromatic carbocycles. The van der Waals surface area contributed by atoms with Crippen molar-refractivity contribution in [3.05, 3.63) is 35.9 Å². The van der Waals surface area contributed by atoms with E-state index in [1.54, 1.807) is 0 Å². The topological polar surface area (TPSA) is 61.4 Å². The van der Waals surface area contributed by atoms with Crippen LogP contribution in [0.25, 0.3) is 0 Å². The minimum Gasteiger partial charge on any atom is -0.394 e. The number of hydrogen-bond acceptors (Lipinski definition) is 3. The van der Waals surface area contributed by atoms with Gasteiger partial charge in [-0.2, -0.15) is 0 Å². The molecule has 0 spiro atoms. The first kappa shape index (κ1) is 24.6. The third-order valence-electron chi connectivity index (χ3n) is 5.22. The Morgan fingerprint density at radius 1 is 0.857 bits per heavy atom. The lowest BCUT2D eigenvalue weighted by Gasteiger charge is -2.16. The van der Waals surface area contributed by atoms with Gasteiger partial charge in [-0.1, -0.05) is 108 Å². The largest absolute Gasteiger partial charge is 0.394 e. The molecule has 0 aromatic heterocycles. The van der Waals surface area contributed by atoms with Crippen LogP contribution < -0.4 is 10.6 Å². The monoisotopic (exact) mass is 390 g/mol. The van der Waals surface area contributed by atoms with E-state index < -0.39 is 6.04 Å². The average molecular weight is 391 g/mol. The lowest BCUT2D eigenvalue weighted by molar-refractivity contribution is -0.124. The van der Waals surface area contributed by atoms with Crippen molar-refractivity contribution in [2.45, 2.75) is 96.6 Å². The summed E-state index contributed by atoms with van der Waals surface area (Å²) in [5, 5.41) is 15.5. The van der Waals surface area contributed by atoms with E-state index in [2.05, 4.69) is 17.6 Å². The van der Waals surface area contributed by atoms with Crippen LogP contribution in [0, 0.1) is 0 Å². The minimum absolute atomic E-state index is 0.110. The van der Waals surface area contributed by atoms with Crippen LogP contribution in [0.5, 0.6) is 0 Å². The van der Waals surface area contributed by atoms with Gasteiger partial charge in [-0.25, -0.2) is 0 Å². The Morgan fingerprint density at radius 3 is 1.93 bits per heavy atom. The van der Waals surface area contributed by atoms with E-state index in [9.17, 15) is 9.90 Å². The van der Waals surface area contributed by atoms with Crippen LogP contribution in [0.1, 0.15) is 89.5 Å². The van der Waals surface area contributed by atoms with Gasteiger partial charge in [0.05, 0.1) is 6.61 Å². The van der Waals surface area contributed by atoms with Crippen LogP contribution in [0.4, 0.5) is 0 Å². The van der Waals surface area contributed by atoms with Crippen LogP contribution in [0.15, 0.2) is 30.3 Å². The quantitative estimate of drug-likeness (QED) is 0.311. The maximum Gasteiger partial charge on any atom is 0.239 e. The lowest BCUT2D eigenvalue weighted by Crippen LogP contribution is -2.46. The fraction of sp³-hybridized carbons (Fsp3) is 0.708. The molecule has 4 nitrogen and oxygen atoms in total. The van der Waals surface area contributed by atoms with Gasteiger partial charge in [-0.3, -0.25) is 10.1 Å². The van der Waals surface area contributed by atoms with E-state index in [-0.39, 0.29) is 12.5 Å². The van der Waals surface area contributed by atoms with Crippen molar-refractivity contribution >= 4 is 5.91 Å². The summed E-state index contributed by atoms with van der Waals surface area (Å²) in [6.07, 6.45) is 15.8. The molecular weight excluding hydrogens is 348 g/mol. The summed E-state index contributed by atoms with van der Waals surface area (Å²) in [7, 11) is 0. The highest BCUT2D eigenvalue weighted by atomic mass is 16.3. The number of carbonyl (C=O) groups excluding carboxylic acids is 1. The molecule has 0 heterocycles. The van der Waals surface area contributed by atoms with E-state index in [0.29, 0.717) is 13.1 Å². The van der Waals surface area contributed by atoms with Crippen molar-refractivity contribution in [3.63, 3.8) is 0 Å². The molecule has 0 saturated carbocycles. The SMILES string of the molecule is CCCCCCCCCCCCCCNC(=O)C(CO)NCc1ccccc1. The highest BCUT2D eigenvalue weighted by Crippen LogP contribution is 2.11. The molecule has 0 fully saturated rings. The number of aliphatic hydroxyl groups is 1. The first-order chi connectivity index (χ1) is 13.8. The summed E-state index contributed by atoms with van der Waals surface area (Å²) in [4.78, 5) is 12.2. The number of nitrogens with one attached hydrogen (secondary N) is 2. The van der Waals surface area contributed by atoms with Crippen LogP contribution in [-0.4, -0.2) is 30.2 Å². The molecule has 4 heteroatoms. The van der Waals surface area contributed by atoms with Gasteiger partial charge in [0.1, 0.15) is 6.04 Å². The number of rotatable bonds is 18. The zero-order valence-corrected chi connectivity index (χ0v) is 17.9. The Bertz CT molecular complexity index is 479. The van der Waals surface area contributed by atoms with Crippen LogP contribution in [-0.2, 0) is 11.3 Å². The number of aliphatic hydroxyl groups excluding tert-OH is 1. The molecular formula is C24H42N2O2. The first-order valence-corrected chi connectivity index (χ1v) is 11.4. The van der Waals surface area contributed by atoms with E-state index in [0.717, 1.165) is 18.4 Å². The molecule has 0 bridgehead atoms. The standard InChI is InChI=1S/C24H42N2O2/c1-2-3-4-5-6-7-8-9-10-11-12-16-19-25-24(28)23(21-27)26-20-22-17-14-13-15-18-22/h13-15,17-18,23,26-27H,2-12,16,19-21H2,1H3,(H,25,28). The highest BCUT2D eigenvalue weighted by Gasteiger charge is 2.15. The van der Waals surface area contributed by atoms with Gasteiger partial charge in [-0.15, -0.1) is 0 Å². The summed E-state index contributed by atoms with van der Waals surface area (Å²) in [6.45, 7) is 3.36. The Morgan fingerprint density at radius 2 is 1.39 bits per heavy atom. The highest BCUT2D eigenvalue weighted by molar-refractivity contribution is 5.81. The molecule has 0 aliphatic heterocycles. The third kappa shape index (κ3) is 12.9. The fourth-order valence-corrected chi connectivity index (χ4v) is 3.38. The van der Waals surface area contributed by atoms with E-state index >= 15 is 0 Å². The molecule has 28 heavy (non-hydrogen) atoms. The summed E-state index contributed by atoms with van der Waals surface area (Å²) in [5.41, 5.74) is 1.11. The van der Waals surface area contributed by atoms with Gasteiger partial charge in [0, 0.05) is 13.1 Å². The molecule has 1 atom stereocenters. The summed E-state index contributed by atoms with van der Waals surface area (Å²) < 4.78 is 0. The van der Waals surface area contributed by atoms with E-state index in [4.69, 9.17) is 0 Å². The maximum atomic E-state index is 12.2. The van der Waals surface area contributed by atoms with Crippen LogP contribution >= 0.6 is 0 Å². The molecule has 0 aliphatic rings. The number of unbranched alkanes of at least 4 members (excludes halogenated alkanes) is 11. The molecule has 160 valence electrons. The van der Waals surface area contributed by atoms with Crippen molar-refractivity contribution in [1.82, 2.24) is 10.6 Å². The van der Waals surface area contributed by atoms with Gasteiger partial charge in [0.2, 0.25) is 5.91 Å². The Labute approximate surface area is 172 Å². The summed E-state index contributed by atoms with van der Waals surface area (Å²) in [5.74, 6) is -0.110. The molecule has 1 amide bonds. The second-order valence-corrected chi connectivity index (χ2v) is 7.78. The molecule has 0 saturated heterocycles. The molecule has 1 rings (SSSR count). The lowest BCUT2D eigenvalue weighted by atomic mass is 10.1. The van der Waals surface area contributed by atoms with Crippen LogP contribution in [0.2, 0.25) is 0 Å². The smallest absolute Gasteiger partial charge is 0.239 e. The Kier molecular flexibility index (Phi) is 15.6. The zero-order chi connectivity index (χ0) is 20.3. The molecule has 1 aromatic rings. The van der Waals surface area contributed by atoms with Crippen molar-refractivity contribution < 1.29 is 9.90 Å². The summed E-state index contributed by atoms with van der Waals surface area (Å²) in [6, 6.07) is 9.38. The number of benzene rings is 1. The van der Waals surface area contributed by atoms with Gasteiger partial charge >= 0.3 is 0 Å². The van der Waals surface area contributed by atoms with Gasteiger partial charge in [-0.05, 0) is 12.0 Å². The molecule has 0 radical (unpaired) electrons. The molecule has 1 unspecified atom stereocenters. The Hall–Kier alpha value is -1.39. The number of hydrogen-bond donors (Lipinski definition) is 3. The predicted molar refractivity (Wildman–Crippen MR) is 118 cm³/mol. The average Bonchev–Trinajstić information content (AvgIpc) is 2.72. The predicted octanol–water partition coefficient (Wildman–Crippen LogP) is 4.95. The second-order valence-electron chi connectivity index (χ2n) is 7.78. The summed E-state index contributed by atoms with van der Waals surface area (Å²) >= 11 is 0. The van der Waals surface area contributed by atoms with Gasteiger partial charge < -0.3 is 10.4 Å². The van der Waals surface area contributed by atoms with E-state index in [1.807, 2.05) is 30.3 Å². The maximum absolute atomic E-state index is 12.2. The Balaban J connectivity index is 1.94. The number of amides is 1. The van der Waals surface area contributed by atoms with Crippen LogP contribution in [0.3, 0.4) is 0 Å². The second kappa shape index (κ2) is 17.7. The zero-order valence-electron chi connectivity index (χ0n) is 17.9. The molecule has 0 aliphatic carbocycles. The first-order valence-electron chi connectivity index (χ1n) is 11.4. The fourth-order valence-electron chi connectivity index (χ4n) is 3.38. The third-order valence-corrected chi connectivity index (χ3v) is 5.22. The van der Waals surface area contributed by atoms with Crippen molar-refractivity contribution in [3.8, 4) is 0 Å². The van der Waals surface area contributed by atoms with Crippen molar-refractivity contribution in [1.29, 1.82) is 0 Å². The normalized spacial score (nSPS) is 12.1. The molecule has 3 N–H and O–H groups in total. The van der Waals surface area contributed by atoms with Crippen molar-refractivity contribution in [2.24, 2.45) is 0 Å². The van der Waals surface area contributed by atoms with E-state index in [1.165, 1.54) is 64.2 Å².